The zero-order valence-corrected chi connectivity index (χ0v) is 23.6. The SMILES string of the molecule is CCOC(=O)c1cn(CC)c2cc(OCCCOc3ccc(C(=N)NC(=O)OCc4ccccc4)cc3)ccc2c1=O. The van der Waals surface area contributed by atoms with E-state index in [1.54, 1.807) is 49.4 Å². The number of alkyl carbamates (subject to hydrolysis) is 1. The van der Waals surface area contributed by atoms with Crippen molar-refractivity contribution in [3.05, 3.63) is 106 Å². The number of rotatable bonds is 12. The van der Waals surface area contributed by atoms with Crippen molar-refractivity contribution in [3.8, 4) is 11.5 Å². The van der Waals surface area contributed by atoms with E-state index in [-0.39, 0.29) is 30.0 Å². The number of benzene rings is 3. The summed E-state index contributed by atoms with van der Waals surface area (Å²) in [5, 5.41) is 11.0. The van der Waals surface area contributed by atoms with E-state index in [2.05, 4.69) is 5.32 Å². The van der Waals surface area contributed by atoms with Crippen LogP contribution in [0.4, 0.5) is 4.79 Å². The number of aryl methyl sites for hydroxylation is 1. The fourth-order valence-corrected chi connectivity index (χ4v) is 4.17. The zero-order valence-electron chi connectivity index (χ0n) is 23.6. The van der Waals surface area contributed by atoms with Crippen LogP contribution in [-0.4, -0.2) is 42.3 Å². The minimum atomic E-state index is -0.699. The Morgan fingerprint density at radius 2 is 1.57 bits per heavy atom. The number of ether oxygens (including phenoxy) is 4. The van der Waals surface area contributed by atoms with Gasteiger partial charge in [0.05, 0.1) is 25.3 Å². The van der Waals surface area contributed by atoms with E-state index < -0.39 is 12.1 Å². The van der Waals surface area contributed by atoms with Crippen molar-refractivity contribution in [3.63, 3.8) is 0 Å². The van der Waals surface area contributed by atoms with Gasteiger partial charge in [-0.2, -0.15) is 0 Å². The molecule has 4 rings (SSSR count). The lowest BCUT2D eigenvalue weighted by atomic mass is 10.1. The van der Waals surface area contributed by atoms with Crippen LogP contribution in [0.1, 0.15) is 41.8 Å². The normalized spacial score (nSPS) is 10.6. The summed E-state index contributed by atoms with van der Waals surface area (Å²) in [5.74, 6) is 0.517. The summed E-state index contributed by atoms with van der Waals surface area (Å²) in [5.41, 5.74) is 1.69. The van der Waals surface area contributed by atoms with Crippen LogP contribution in [0.15, 0.2) is 83.8 Å². The highest BCUT2D eigenvalue weighted by molar-refractivity contribution is 6.04. The highest BCUT2D eigenvalue weighted by Gasteiger charge is 2.16. The van der Waals surface area contributed by atoms with E-state index in [1.807, 2.05) is 41.8 Å². The molecule has 42 heavy (non-hydrogen) atoms. The van der Waals surface area contributed by atoms with Crippen LogP contribution in [0, 0.1) is 5.41 Å². The molecule has 0 aliphatic rings. The van der Waals surface area contributed by atoms with Gasteiger partial charge >= 0.3 is 12.1 Å². The van der Waals surface area contributed by atoms with E-state index in [1.165, 1.54) is 6.20 Å². The van der Waals surface area contributed by atoms with Gasteiger partial charge in [-0.1, -0.05) is 30.3 Å². The van der Waals surface area contributed by atoms with Crippen LogP contribution in [0.5, 0.6) is 11.5 Å². The van der Waals surface area contributed by atoms with Gasteiger partial charge in [0.1, 0.15) is 29.5 Å². The Kier molecular flexibility index (Phi) is 10.3. The maximum Gasteiger partial charge on any atom is 0.413 e. The van der Waals surface area contributed by atoms with Crippen LogP contribution >= 0.6 is 0 Å². The molecule has 0 fully saturated rings. The second-order valence-corrected chi connectivity index (χ2v) is 9.19. The quantitative estimate of drug-likeness (QED) is 0.102. The number of fused-ring (bicyclic) bond motifs is 1. The van der Waals surface area contributed by atoms with Crippen LogP contribution in [0.2, 0.25) is 0 Å². The molecule has 0 bridgehead atoms. The number of aromatic nitrogens is 1. The van der Waals surface area contributed by atoms with Crippen molar-refractivity contribution in [1.29, 1.82) is 5.41 Å². The molecule has 1 aromatic heterocycles. The van der Waals surface area contributed by atoms with Gasteiger partial charge in [-0.15, -0.1) is 0 Å². The predicted molar refractivity (Wildman–Crippen MR) is 158 cm³/mol. The molecular weight excluding hydrogens is 538 g/mol. The third-order valence-corrected chi connectivity index (χ3v) is 6.30. The third-order valence-electron chi connectivity index (χ3n) is 6.30. The molecule has 0 spiro atoms. The Bertz CT molecular complexity index is 1600. The molecule has 4 aromatic rings. The first-order valence-electron chi connectivity index (χ1n) is 13.7. The van der Waals surface area contributed by atoms with Crippen molar-refractivity contribution in [2.24, 2.45) is 0 Å². The van der Waals surface area contributed by atoms with Crippen molar-refractivity contribution in [2.75, 3.05) is 19.8 Å². The van der Waals surface area contributed by atoms with Gasteiger partial charge in [-0.25, -0.2) is 9.59 Å². The van der Waals surface area contributed by atoms with Gasteiger partial charge in [0.25, 0.3) is 0 Å². The molecule has 0 saturated carbocycles. The molecule has 2 N–H and O–H groups in total. The zero-order chi connectivity index (χ0) is 29.9. The fraction of sp³-hybridized carbons (Fsp3) is 0.250. The van der Waals surface area contributed by atoms with Crippen LogP contribution in [0.3, 0.4) is 0 Å². The maximum absolute atomic E-state index is 12.8. The lowest BCUT2D eigenvalue weighted by Crippen LogP contribution is -2.30. The van der Waals surface area contributed by atoms with E-state index >= 15 is 0 Å². The topological polar surface area (TPSA) is 129 Å². The minimum absolute atomic E-state index is 0.0134. The molecule has 3 aromatic carbocycles. The van der Waals surface area contributed by atoms with Gasteiger partial charge in [-0.3, -0.25) is 15.5 Å². The standard InChI is InChI=1S/C32H33N3O7/c1-3-35-20-27(31(37)39-4-2)29(36)26-16-15-25(19-28(26)35)41-18-8-17-40-24-13-11-23(12-14-24)30(33)34-32(38)42-21-22-9-6-5-7-10-22/h5-7,9-16,19-20H,3-4,8,17-18,21H2,1-2H3,(H2,33,34,38). The minimum Gasteiger partial charge on any atom is -0.493 e. The van der Waals surface area contributed by atoms with Gasteiger partial charge in [0.15, 0.2) is 0 Å². The number of hydrogen-bond donors (Lipinski definition) is 2. The molecule has 0 atom stereocenters. The fourth-order valence-electron chi connectivity index (χ4n) is 4.17. The molecule has 0 radical (unpaired) electrons. The number of carbonyl (C=O) groups excluding carboxylic acids is 2. The first-order chi connectivity index (χ1) is 20.4. The Morgan fingerprint density at radius 1 is 0.881 bits per heavy atom. The first kappa shape index (κ1) is 29.9. The average molecular weight is 572 g/mol. The third kappa shape index (κ3) is 7.75. The van der Waals surface area contributed by atoms with Crippen molar-refractivity contribution < 1.29 is 28.5 Å². The molecule has 10 heteroatoms. The first-order valence-corrected chi connectivity index (χ1v) is 13.7. The summed E-state index contributed by atoms with van der Waals surface area (Å²) < 4.78 is 23.6. The summed E-state index contributed by atoms with van der Waals surface area (Å²) in [6.45, 7) is 5.29. The molecule has 0 unspecified atom stereocenters. The van der Waals surface area contributed by atoms with Crippen LogP contribution in [0.25, 0.3) is 10.9 Å². The second-order valence-electron chi connectivity index (χ2n) is 9.19. The highest BCUT2D eigenvalue weighted by Crippen LogP contribution is 2.20. The summed E-state index contributed by atoms with van der Waals surface area (Å²) in [6.07, 6.45) is 1.43. The Morgan fingerprint density at radius 3 is 2.26 bits per heavy atom. The number of carbonyl (C=O) groups is 2. The summed E-state index contributed by atoms with van der Waals surface area (Å²) in [4.78, 5) is 37.0. The Labute approximate surface area is 243 Å². The summed E-state index contributed by atoms with van der Waals surface area (Å²) in [6, 6.07) is 21.3. The molecule has 1 heterocycles. The largest absolute Gasteiger partial charge is 0.493 e. The van der Waals surface area contributed by atoms with Gasteiger partial charge in [-0.05, 0) is 55.8 Å². The average Bonchev–Trinajstić information content (AvgIpc) is 3.01. The Hall–Kier alpha value is -5.12. The maximum atomic E-state index is 12.8. The second kappa shape index (κ2) is 14.5. The Balaban J connectivity index is 1.23. The molecular formula is C32H33N3O7. The van der Waals surface area contributed by atoms with Crippen molar-refractivity contribution in [1.82, 2.24) is 9.88 Å². The molecule has 0 aliphatic carbocycles. The lowest BCUT2D eigenvalue weighted by Gasteiger charge is -2.13. The van der Waals surface area contributed by atoms with Crippen LogP contribution < -0.4 is 20.2 Å². The monoisotopic (exact) mass is 571 g/mol. The highest BCUT2D eigenvalue weighted by atomic mass is 16.5. The number of nitrogens with one attached hydrogen (secondary N) is 2. The van der Waals surface area contributed by atoms with Crippen molar-refractivity contribution >= 4 is 28.8 Å². The number of hydrogen-bond acceptors (Lipinski definition) is 8. The number of pyridine rings is 1. The molecule has 218 valence electrons. The van der Waals surface area contributed by atoms with Gasteiger partial charge in [0, 0.05) is 36.2 Å². The number of esters is 1. The van der Waals surface area contributed by atoms with E-state index in [9.17, 15) is 14.4 Å². The van der Waals surface area contributed by atoms with E-state index in [0.717, 1.165) is 5.56 Å². The number of nitrogens with zero attached hydrogens (tertiary/aromatic N) is 1. The molecule has 10 nitrogen and oxygen atoms in total. The molecule has 0 aliphatic heterocycles. The number of amidine groups is 1. The number of amides is 1. The smallest absolute Gasteiger partial charge is 0.413 e. The summed E-state index contributed by atoms with van der Waals surface area (Å²) in [7, 11) is 0. The van der Waals surface area contributed by atoms with E-state index in [0.29, 0.717) is 54.1 Å². The predicted octanol–water partition coefficient (Wildman–Crippen LogP) is 5.30. The van der Waals surface area contributed by atoms with Crippen LogP contribution in [-0.2, 0) is 22.6 Å². The molecule has 0 saturated heterocycles. The van der Waals surface area contributed by atoms with Gasteiger partial charge < -0.3 is 23.5 Å². The van der Waals surface area contributed by atoms with Crippen molar-refractivity contribution in [2.45, 2.75) is 33.4 Å². The lowest BCUT2D eigenvalue weighted by molar-refractivity contribution is 0.0524. The summed E-state index contributed by atoms with van der Waals surface area (Å²) >= 11 is 0. The molecule has 1 amide bonds. The van der Waals surface area contributed by atoms with Gasteiger partial charge in [0.2, 0.25) is 5.43 Å². The van der Waals surface area contributed by atoms with E-state index in [4.69, 9.17) is 24.4 Å².